The summed E-state index contributed by atoms with van der Waals surface area (Å²) in [5, 5.41) is 4.72. The second-order valence-corrected chi connectivity index (χ2v) is 9.86. The van der Waals surface area contributed by atoms with Gasteiger partial charge >= 0.3 is 12.4 Å². The van der Waals surface area contributed by atoms with Gasteiger partial charge in [0.15, 0.2) is 0 Å². The van der Waals surface area contributed by atoms with Crippen molar-refractivity contribution in [3.63, 3.8) is 0 Å². The lowest BCUT2D eigenvalue weighted by atomic mass is 9.96. The van der Waals surface area contributed by atoms with Gasteiger partial charge in [0.2, 0.25) is 5.91 Å². The summed E-state index contributed by atoms with van der Waals surface area (Å²) in [5.41, 5.74) is 1.13. The quantitative estimate of drug-likeness (QED) is 0.232. The number of carbonyl (C=O) groups excluding carboxylic acids is 2. The van der Waals surface area contributed by atoms with Crippen molar-refractivity contribution < 1.29 is 35.9 Å². The second kappa shape index (κ2) is 12.3. The summed E-state index contributed by atoms with van der Waals surface area (Å²) in [6.45, 7) is 2.99. The topological polar surface area (TPSA) is 58.2 Å². The van der Waals surface area contributed by atoms with Crippen molar-refractivity contribution in [3.05, 3.63) is 73.7 Å². The fourth-order valence-electron chi connectivity index (χ4n) is 3.30. The summed E-state index contributed by atoms with van der Waals surface area (Å²) in [6, 6.07) is 8.81. The van der Waals surface area contributed by atoms with E-state index in [1.165, 1.54) is 43.3 Å². The summed E-state index contributed by atoms with van der Waals surface area (Å²) in [7, 11) is 0. The van der Waals surface area contributed by atoms with Gasteiger partial charge < -0.3 is 10.6 Å². The molecule has 0 bridgehead atoms. The molecule has 2 amide bonds. The molecule has 0 spiro atoms. The van der Waals surface area contributed by atoms with Crippen LogP contribution >= 0.6 is 31.9 Å². The minimum absolute atomic E-state index is 0.0407. The van der Waals surface area contributed by atoms with Crippen LogP contribution in [0.25, 0.3) is 6.08 Å². The zero-order valence-electron chi connectivity index (χ0n) is 19.0. The molecule has 0 heterocycles. The minimum Gasteiger partial charge on any atom is -0.336 e. The molecule has 0 fully saturated rings. The molecule has 0 aromatic heterocycles. The molecule has 12 heteroatoms. The Bertz CT molecular complexity index is 1110. The van der Waals surface area contributed by atoms with E-state index in [9.17, 15) is 35.9 Å². The predicted molar refractivity (Wildman–Crippen MR) is 131 cm³/mol. The van der Waals surface area contributed by atoms with Crippen LogP contribution in [0.1, 0.15) is 52.7 Å². The molecule has 0 saturated heterocycles. The highest BCUT2D eigenvalue weighted by atomic mass is 79.9. The molecule has 0 radical (unpaired) electrons. The molecule has 0 aliphatic carbocycles. The Hall–Kier alpha value is -2.34. The maximum Gasteiger partial charge on any atom is 0.399 e. The van der Waals surface area contributed by atoms with Crippen molar-refractivity contribution in [3.8, 4) is 0 Å². The molecule has 0 saturated carbocycles. The zero-order valence-corrected chi connectivity index (χ0v) is 22.2. The third-order valence-corrected chi connectivity index (χ3v) is 5.85. The van der Waals surface area contributed by atoms with Crippen LogP contribution in [0, 0.1) is 6.92 Å². The molecular formula is C24H22Br2F6N2O2. The van der Waals surface area contributed by atoms with Crippen molar-refractivity contribution >= 4 is 49.8 Å². The molecule has 1 unspecified atom stereocenters. The number of alkyl halides is 6. The van der Waals surface area contributed by atoms with Crippen molar-refractivity contribution in [1.29, 1.82) is 0 Å². The van der Waals surface area contributed by atoms with Crippen LogP contribution in [0.3, 0.4) is 0 Å². The summed E-state index contributed by atoms with van der Waals surface area (Å²) >= 11 is 6.39. The number of hydrogen-bond donors (Lipinski definition) is 2. The van der Waals surface area contributed by atoms with Crippen molar-refractivity contribution in [1.82, 2.24) is 10.6 Å². The fourth-order valence-corrected chi connectivity index (χ4v) is 4.63. The number of hydrogen-bond acceptors (Lipinski definition) is 2. The summed E-state index contributed by atoms with van der Waals surface area (Å²) < 4.78 is 78.8. The van der Waals surface area contributed by atoms with Crippen molar-refractivity contribution in [2.75, 3.05) is 0 Å². The Morgan fingerprint density at radius 3 is 2.11 bits per heavy atom. The maximum atomic E-state index is 13.7. The lowest BCUT2D eigenvalue weighted by molar-refractivity contribution is -0.144. The van der Waals surface area contributed by atoms with Crippen LogP contribution in [0.5, 0.6) is 0 Å². The van der Waals surface area contributed by atoms with Gasteiger partial charge in [-0.25, -0.2) is 0 Å². The van der Waals surface area contributed by atoms with E-state index < -0.39 is 49.1 Å². The summed E-state index contributed by atoms with van der Waals surface area (Å²) in [4.78, 5) is 24.1. The summed E-state index contributed by atoms with van der Waals surface area (Å²) in [6.07, 6.45) is -9.64. The SMILES string of the molecule is Cc1cc(C=CC(c2cc(Br)cc(Br)c2)C(F)(F)F)ccc1C(=O)N[C@H](C)NC(=O)CCC(F)(F)F. The molecule has 2 N–H and O–H groups in total. The highest BCUT2D eigenvalue weighted by molar-refractivity contribution is 9.11. The Labute approximate surface area is 220 Å². The fraction of sp³-hybridized carbons (Fsp3) is 0.333. The maximum absolute atomic E-state index is 13.7. The molecular weight excluding hydrogens is 622 g/mol. The number of rotatable bonds is 8. The van der Waals surface area contributed by atoms with E-state index in [0.29, 0.717) is 20.1 Å². The average molecular weight is 644 g/mol. The Morgan fingerprint density at radius 2 is 1.58 bits per heavy atom. The standard InChI is InChI=1S/C24H22Br2F6N2O2/c1-13-9-15(4-6-20(24(30,31)32)16-10-17(25)12-18(26)11-16)3-5-19(13)22(36)34-14(2)33-21(35)7-8-23(27,28)29/h3-6,9-12,14,20H,7-8H2,1-2H3,(H,33,35)(H,34,36)/t14-,20?/m1/s1. The predicted octanol–water partition coefficient (Wildman–Crippen LogP) is 7.41. The van der Waals surface area contributed by atoms with Gasteiger partial charge in [-0.1, -0.05) is 56.1 Å². The number of amides is 2. The first-order valence-electron chi connectivity index (χ1n) is 10.5. The second-order valence-electron chi connectivity index (χ2n) is 8.03. The lowest BCUT2D eigenvalue weighted by Gasteiger charge is -2.18. The van der Waals surface area contributed by atoms with Crippen LogP contribution in [0.2, 0.25) is 0 Å². The monoisotopic (exact) mass is 642 g/mol. The first-order valence-corrected chi connectivity index (χ1v) is 12.1. The van der Waals surface area contributed by atoms with E-state index in [4.69, 9.17) is 0 Å². The highest BCUT2D eigenvalue weighted by Gasteiger charge is 2.39. The summed E-state index contributed by atoms with van der Waals surface area (Å²) in [5.74, 6) is -3.33. The molecule has 4 nitrogen and oxygen atoms in total. The van der Waals surface area contributed by atoms with E-state index >= 15 is 0 Å². The molecule has 2 aromatic rings. The Balaban J connectivity index is 2.11. The van der Waals surface area contributed by atoms with Gasteiger partial charge in [0, 0.05) is 20.9 Å². The van der Waals surface area contributed by atoms with E-state index in [2.05, 4.69) is 42.5 Å². The first-order chi connectivity index (χ1) is 16.5. The van der Waals surface area contributed by atoms with Crippen LogP contribution in [0.15, 0.2) is 51.4 Å². The van der Waals surface area contributed by atoms with Crippen molar-refractivity contribution in [2.45, 2.75) is 51.1 Å². The van der Waals surface area contributed by atoms with Gasteiger partial charge in [0.25, 0.3) is 5.91 Å². The van der Waals surface area contributed by atoms with E-state index in [0.717, 1.165) is 6.08 Å². The smallest absolute Gasteiger partial charge is 0.336 e. The number of benzene rings is 2. The first kappa shape index (κ1) is 29.9. The van der Waals surface area contributed by atoms with Crippen molar-refractivity contribution in [2.24, 2.45) is 0 Å². The number of halogens is 8. The number of nitrogens with one attached hydrogen (secondary N) is 2. The Morgan fingerprint density at radius 1 is 0.972 bits per heavy atom. The zero-order chi connectivity index (χ0) is 27.3. The van der Waals surface area contributed by atoms with E-state index in [1.54, 1.807) is 13.0 Å². The minimum atomic E-state index is -4.54. The highest BCUT2D eigenvalue weighted by Crippen LogP contribution is 2.38. The number of allylic oxidation sites excluding steroid dienone is 1. The average Bonchev–Trinajstić information content (AvgIpc) is 2.70. The molecule has 36 heavy (non-hydrogen) atoms. The van der Waals surface area contributed by atoms with Gasteiger partial charge in [0.1, 0.15) is 0 Å². The van der Waals surface area contributed by atoms with Crippen LogP contribution in [-0.2, 0) is 4.79 Å². The van der Waals surface area contributed by atoms with Gasteiger partial charge in [-0.3, -0.25) is 9.59 Å². The van der Waals surface area contributed by atoms with Crippen LogP contribution in [0.4, 0.5) is 26.3 Å². The molecule has 0 aliphatic rings. The van der Waals surface area contributed by atoms with Gasteiger partial charge in [-0.2, -0.15) is 26.3 Å². The normalized spacial score (nSPS) is 13.9. The van der Waals surface area contributed by atoms with E-state index in [-0.39, 0.29) is 11.1 Å². The third-order valence-electron chi connectivity index (χ3n) is 4.93. The lowest BCUT2D eigenvalue weighted by Crippen LogP contribution is -2.46. The van der Waals surface area contributed by atoms with Crippen LogP contribution in [-0.4, -0.2) is 30.3 Å². The molecule has 0 aliphatic heterocycles. The molecule has 2 atom stereocenters. The van der Waals surface area contributed by atoms with Gasteiger partial charge in [-0.05, 0) is 54.8 Å². The van der Waals surface area contributed by atoms with Gasteiger partial charge in [0.05, 0.1) is 18.5 Å². The molecule has 2 aromatic carbocycles. The Kier molecular flexibility index (Phi) is 10.2. The third kappa shape index (κ3) is 9.61. The van der Waals surface area contributed by atoms with E-state index in [1.807, 2.05) is 0 Å². The molecule has 196 valence electrons. The van der Waals surface area contributed by atoms with Crippen LogP contribution < -0.4 is 10.6 Å². The largest absolute Gasteiger partial charge is 0.399 e. The van der Waals surface area contributed by atoms with Gasteiger partial charge in [-0.15, -0.1) is 0 Å². The number of aryl methyl sites for hydroxylation is 1. The molecule has 2 rings (SSSR count). The number of carbonyl (C=O) groups is 2.